The van der Waals surface area contributed by atoms with Crippen LogP contribution in [0.3, 0.4) is 0 Å². The molecule has 33 heavy (non-hydrogen) atoms. The summed E-state index contributed by atoms with van der Waals surface area (Å²) in [5.74, 6) is 3.26. The molecule has 1 aromatic heterocycles. The molecule has 1 amide bonds. The molecule has 2 aromatic rings. The Hall–Kier alpha value is -2.64. The second-order valence-electron chi connectivity index (χ2n) is 9.93. The highest BCUT2D eigenvalue weighted by molar-refractivity contribution is 5.78. The summed E-state index contributed by atoms with van der Waals surface area (Å²) in [6, 6.07) is 5.44. The van der Waals surface area contributed by atoms with E-state index in [-0.39, 0.29) is 24.1 Å². The molecular weight excluding hydrogens is 423 g/mol. The van der Waals surface area contributed by atoms with Crippen molar-refractivity contribution >= 4 is 11.9 Å². The zero-order valence-corrected chi connectivity index (χ0v) is 20.1. The van der Waals surface area contributed by atoms with E-state index in [1.54, 1.807) is 26.2 Å². The van der Waals surface area contributed by atoms with Gasteiger partial charge >= 0.3 is 6.01 Å². The molecule has 1 saturated heterocycles. The second kappa shape index (κ2) is 10.1. The molecule has 1 aromatic carbocycles. The van der Waals surface area contributed by atoms with Crippen LogP contribution in [0.1, 0.15) is 56.8 Å². The van der Waals surface area contributed by atoms with Gasteiger partial charge in [0.05, 0.1) is 13.0 Å². The van der Waals surface area contributed by atoms with Gasteiger partial charge in [-0.25, -0.2) is 4.39 Å². The number of piperidine rings is 1. The standard InChI is InChI=1S/C25H35FN4O3/c1-16(2)24-27-25(33-28-24)30-10-7-17(8-11-30)21-13-18(21)9-12-32-20-6-5-19(22(26)15-20)14-23(31)29(3)4/h5-6,15-18,21H,7-14H2,1-4H3/t18-,21+/m1/s1. The Kier molecular flexibility index (Phi) is 7.20. The van der Waals surface area contributed by atoms with E-state index in [9.17, 15) is 9.18 Å². The lowest BCUT2D eigenvalue weighted by molar-refractivity contribution is -0.128. The maximum Gasteiger partial charge on any atom is 0.324 e. The highest BCUT2D eigenvalue weighted by Crippen LogP contribution is 2.50. The van der Waals surface area contributed by atoms with Gasteiger partial charge in [0.25, 0.3) is 0 Å². The molecule has 1 saturated carbocycles. The molecule has 2 atom stereocenters. The largest absolute Gasteiger partial charge is 0.493 e. The first kappa shape index (κ1) is 23.5. The summed E-state index contributed by atoms with van der Waals surface area (Å²) in [6.07, 6.45) is 4.62. The first-order valence-electron chi connectivity index (χ1n) is 12.0. The molecule has 0 bridgehead atoms. The summed E-state index contributed by atoms with van der Waals surface area (Å²) in [5, 5.41) is 4.08. The van der Waals surface area contributed by atoms with E-state index in [0.29, 0.717) is 29.9 Å². The SMILES string of the molecule is CC(C)c1noc(N2CCC([C@@H]3C[C@H]3CCOc3ccc(CC(=O)N(C)C)c(F)c3)CC2)n1. The lowest BCUT2D eigenvalue weighted by Crippen LogP contribution is -2.34. The molecule has 0 unspecified atom stereocenters. The summed E-state index contributed by atoms with van der Waals surface area (Å²) in [7, 11) is 3.34. The number of ether oxygens (including phenoxy) is 1. The van der Waals surface area contributed by atoms with Crippen LogP contribution < -0.4 is 9.64 Å². The predicted molar refractivity (Wildman–Crippen MR) is 124 cm³/mol. The van der Waals surface area contributed by atoms with Crippen molar-refractivity contribution in [1.29, 1.82) is 0 Å². The molecule has 2 aliphatic rings. The number of likely N-dealkylation sites (N-methyl/N-ethyl adjacent to an activating group) is 1. The number of hydrogen-bond donors (Lipinski definition) is 0. The maximum absolute atomic E-state index is 14.3. The van der Waals surface area contributed by atoms with Crippen LogP contribution in [0.15, 0.2) is 22.7 Å². The van der Waals surface area contributed by atoms with E-state index < -0.39 is 0 Å². The summed E-state index contributed by atoms with van der Waals surface area (Å²) in [5.41, 5.74) is 0.399. The van der Waals surface area contributed by atoms with Crippen LogP contribution in [-0.4, -0.2) is 54.7 Å². The number of carbonyl (C=O) groups is 1. The molecule has 1 aliphatic heterocycles. The maximum atomic E-state index is 14.3. The molecule has 8 heteroatoms. The van der Waals surface area contributed by atoms with Crippen molar-refractivity contribution in [2.45, 2.75) is 51.9 Å². The fraction of sp³-hybridized carbons (Fsp3) is 0.640. The third kappa shape index (κ3) is 5.84. The van der Waals surface area contributed by atoms with Crippen LogP contribution in [0.25, 0.3) is 0 Å². The van der Waals surface area contributed by atoms with Gasteiger partial charge in [-0.05, 0) is 55.1 Å². The van der Waals surface area contributed by atoms with Crippen molar-refractivity contribution in [3.63, 3.8) is 0 Å². The number of halogens is 1. The van der Waals surface area contributed by atoms with Crippen LogP contribution in [0, 0.1) is 23.6 Å². The Morgan fingerprint density at radius 1 is 1.30 bits per heavy atom. The first-order valence-corrected chi connectivity index (χ1v) is 12.0. The van der Waals surface area contributed by atoms with Gasteiger partial charge in [0.1, 0.15) is 11.6 Å². The molecule has 0 N–H and O–H groups in total. The Morgan fingerprint density at radius 3 is 2.70 bits per heavy atom. The van der Waals surface area contributed by atoms with Crippen molar-refractivity contribution in [1.82, 2.24) is 15.0 Å². The molecule has 2 heterocycles. The topological polar surface area (TPSA) is 71.7 Å². The Morgan fingerprint density at radius 2 is 2.06 bits per heavy atom. The number of aromatic nitrogens is 2. The Bertz CT molecular complexity index is 953. The summed E-state index contributed by atoms with van der Waals surface area (Å²) < 4.78 is 25.5. The average Bonchev–Trinajstić information content (AvgIpc) is 3.38. The Balaban J connectivity index is 1.17. The van der Waals surface area contributed by atoms with E-state index in [1.165, 1.54) is 17.4 Å². The average molecular weight is 459 g/mol. The number of nitrogens with zero attached hydrogens (tertiary/aromatic N) is 4. The fourth-order valence-electron chi connectivity index (χ4n) is 4.70. The highest BCUT2D eigenvalue weighted by atomic mass is 19.1. The molecule has 1 aliphatic carbocycles. The lowest BCUT2D eigenvalue weighted by atomic mass is 9.90. The lowest BCUT2D eigenvalue weighted by Gasteiger charge is -2.30. The molecular formula is C25H35FN4O3. The number of hydrogen-bond acceptors (Lipinski definition) is 6. The van der Waals surface area contributed by atoms with Crippen molar-refractivity contribution in [3.8, 4) is 5.75 Å². The van der Waals surface area contributed by atoms with E-state index in [2.05, 4.69) is 28.9 Å². The normalized spacial score (nSPS) is 20.8. The van der Waals surface area contributed by atoms with Crippen molar-refractivity contribution in [2.24, 2.45) is 17.8 Å². The zero-order chi connectivity index (χ0) is 23.5. The molecule has 4 rings (SSSR count). The molecule has 2 fully saturated rings. The van der Waals surface area contributed by atoms with Crippen molar-refractivity contribution in [2.75, 3.05) is 38.7 Å². The molecule has 0 spiro atoms. The van der Waals surface area contributed by atoms with Crippen LogP contribution in [0.5, 0.6) is 5.75 Å². The molecule has 180 valence electrons. The first-order chi connectivity index (χ1) is 15.8. The van der Waals surface area contributed by atoms with Crippen molar-refractivity contribution < 1.29 is 18.4 Å². The number of amides is 1. The van der Waals surface area contributed by atoms with E-state index in [0.717, 1.165) is 50.0 Å². The summed E-state index contributed by atoms with van der Waals surface area (Å²) >= 11 is 0. The number of anilines is 1. The minimum atomic E-state index is -0.388. The molecule has 0 radical (unpaired) electrons. The van der Waals surface area contributed by atoms with E-state index >= 15 is 0 Å². The number of carbonyl (C=O) groups excluding carboxylic acids is 1. The third-order valence-corrected chi connectivity index (χ3v) is 6.96. The van der Waals surface area contributed by atoms with Crippen LogP contribution >= 0.6 is 0 Å². The van der Waals surface area contributed by atoms with Gasteiger partial charge in [-0.1, -0.05) is 25.1 Å². The fourth-order valence-corrected chi connectivity index (χ4v) is 4.70. The van der Waals surface area contributed by atoms with Gasteiger partial charge in [0.15, 0.2) is 5.82 Å². The monoisotopic (exact) mass is 458 g/mol. The van der Waals surface area contributed by atoms with Gasteiger partial charge in [0, 0.05) is 39.2 Å². The smallest absolute Gasteiger partial charge is 0.324 e. The van der Waals surface area contributed by atoms with Gasteiger partial charge in [-0.3, -0.25) is 4.79 Å². The minimum Gasteiger partial charge on any atom is -0.493 e. The zero-order valence-electron chi connectivity index (χ0n) is 20.1. The van der Waals surface area contributed by atoms with E-state index in [4.69, 9.17) is 9.26 Å². The second-order valence-corrected chi connectivity index (χ2v) is 9.93. The summed E-state index contributed by atoms with van der Waals surface area (Å²) in [4.78, 5) is 20.0. The number of benzene rings is 1. The highest BCUT2D eigenvalue weighted by Gasteiger charge is 2.43. The van der Waals surface area contributed by atoms with Gasteiger partial charge in [-0.15, -0.1) is 0 Å². The van der Waals surface area contributed by atoms with Gasteiger partial charge in [-0.2, -0.15) is 4.98 Å². The van der Waals surface area contributed by atoms with Crippen LogP contribution in [-0.2, 0) is 11.2 Å². The minimum absolute atomic E-state index is 0.0626. The third-order valence-electron chi connectivity index (χ3n) is 6.96. The van der Waals surface area contributed by atoms with Crippen LogP contribution in [0.4, 0.5) is 10.4 Å². The van der Waals surface area contributed by atoms with Crippen molar-refractivity contribution in [3.05, 3.63) is 35.4 Å². The quantitative estimate of drug-likeness (QED) is 0.558. The number of rotatable bonds is 9. The summed E-state index contributed by atoms with van der Waals surface area (Å²) in [6.45, 7) is 6.66. The van der Waals surface area contributed by atoms with E-state index in [1.807, 2.05) is 0 Å². The van der Waals surface area contributed by atoms with Crippen LogP contribution in [0.2, 0.25) is 0 Å². The van der Waals surface area contributed by atoms with Gasteiger partial charge < -0.3 is 19.1 Å². The predicted octanol–water partition coefficient (Wildman–Crippen LogP) is 4.28. The van der Waals surface area contributed by atoms with Gasteiger partial charge in [0.2, 0.25) is 5.91 Å². The Labute approximate surface area is 195 Å². The molecule has 7 nitrogen and oxygen atoms in total.